The number of benzene rings is 2. The van der Waals surface area contributed by atoms with Crippen molar-refractivity contribution in [3.63, 3.8) is 0 Å². The van der Waals surface area contributed by atoms with Crippen LogP contribution < -0.4 is 14.8 Å². The van der Waals surface area contributed by atoms with Crippen molar-refractivity contribution in [2.24, 2.45) is 5.92 Å². The van der Waals surface area contributed by atoms with Crippen molar-refractivity contribution >= 4 is 16.9 Å². The van der Waals surface area contributed by atoms with Gasteiger partial charge in [-0.3, -0.25) is 4.79 Å². The van der Waals surface area contributed by atoms with Gasteiger partial charge in [0.2, 0.25) is 5.91 Å². The van der Waals surface area contributed by atoms with Crippen molar-refractivity contribution in [2.75, 3.05) is 20.3 Å². The molecule has 0 aliphatic rings. The Hall–Kier alpha value is -3.02. The number of nitrogens with zero attached hydrogens (tertiary/aromatic N) is 2. The number of carbonyl (C=O) groups excluding carboxylic acids is 1. The van der Waals surface area contributed by atoms with Crippen molar-refractivity contribution in [3.05, 3.63) is 54.4 Å². The van der Waals surface area contributed by atoms with E-state index in [0.717, 1.165) is 54.0 Å². The molecule has 1 N–H and O–H groups in total. The molecule has 6 heteroatoms. The Labute approximate surface area is 184 Å². The number of hydrogen-bond acceptors (Lipinski definition) is 4. The van der Waals surface area contributed by atoms with Crippen LogP contribution in [-0.2, 0) is 17.8 Å². The molecule has 1 aromatic heterocycles. The molecular weight excluding hydrogens is 390 g/mol. The highest BCUT2D eigenvalue weighted by molar-refractivity contribution is 5.78. The van der Waals surface area contributed by atoms with E-state index in [1.807, 2.05) is 42.5 Å². The molecule has 0 saturated carbocycles. The highest BCUT2D eigenvalue weighted by Gasteiger charge is 2.14. The van der Waals surface area contributed by atoms with E-state index >= 15 is 0 Å². The van der Waals surface area contributed by atoms with Gasteiger partial charge in [0.25, 0.3) is 0 Å². The number of rotatable bonds is 12. The Balaban J connectivity index is 1.61. The molecule has 0 aliphatic heterocycles. The molecular formula is C25H33N3O3. The van der Waals surface area contributed by atoms with Crippen LogP contribution in [-0.4, -0.2) is 35.7 Å². The maximum atomic E-state index is 12.2. The lowest BCUT2D eigenvalue weighted by Gasteiger charge is -2.13. The average Bonchev–Trinajstić information content (AvgIpc) is 3.15. The van der Waals surface area contributed by atoms with E-state index in [4.69, 9.17) is 14.5 Å². The number of aromatic nitrogens is 2. The van der Waals surface area contributed by atoms with Gasteiger partial charge in [0.15, 0.2) is 0 Å². The molecule has 0 unspecified atom stereocenters. The number of carbonyl (C=O) groups is 1. The van der Waals surface area contributed by atoms with Crippen LogP contribution in [0, 0.1) is 5.92 Å². The van der Waals surface area contributed by atoms with E-state index in [1.54, 1.807) is 7.11 Å². The summed E-state index contributed by atoms with van der Waals surface area (Å²) in [5, 5.41) is 3.07. The van der Waals surface area contributed by atoms with Gasteiger partial charge in [-0.25, -0.2) is 4.98 Å². The Kier molecular flexibility index (Phi) is 8.33. The fourth-order valence-electron chi connectivity index (χ4n) is 3.77. The average molecular weight is 424 g/mol. The summed E-state index contributed by atoms with van der Waals surface area (Å²) >= 11 is 0. The first-order valence-electron chi connectivity index (χ1n) is 11.1. The number of hydrogen-bond donors (Lipinski definition) is 1. The normalized spacial score (nSPS) is 11.1. The van der Waals surface area contributed by atoms with Crippen LogP contribution in [0.2, 0.25) is 0 Å². The van der Waals surface area contributed by atoms with E-state index in [1.165, 1.54) is 0 Å². The van der Waals surface area contributed by atoms with E-state index < -0.39 is 0 Å². The summed E-state index contributed by atoms with van der Waals surface area (Å²) in [6, 6.07) is 15.8. The second kappa shape index (κ2) is 11.4. The number of imidazole rings is 1. The third-order valence-electron chi connectivity index (χ3n) is 5.59. The Morgan fingerprint density at radius 3 is 2.65 bits per heavy atom. The fourth-order valence-corrected chi connectivity index (χ4v) is 3.77. The molecule has 2 aromatic carbocycles. The lowest BCUT2D eigenvalue weighted by molar-refractivity contribution is -0.125. The highest BCUT2D eigenvalue weighted by atomic mass is 16.5. The number of nitrogens with one attached hydrogen (secondary N) is 1. The molecule has 0 saturated heterocycles. The minimum Gasteiger partial charge on any atom is -0.497 e. The molecule has 1 heterocycles. The standard InChI is InChI=1S/C25H33N3O3/c1-4-19(5-2)25(29)26-15-9-14-24-27-22-12-6-7-13-23(22)28(24)16-17-31-21-11-8-10-20(18-21)30-3/h6-8,10-13,18-19H,4-5,9,14-17H2,1-3H3,(H,26,29). The van der Waals surface area contributed by atoms with Gasteiger partial charge in [-0.15, -0.1) is 0 Å². The van der Waals surface area contributed by atoms with Crippen LogP contribution in [0.4, 0.5) is 0 Å². The predicted molar refractivity (Wildman–Crippen MR) is 124 cm³/mol. The van der Waals surface area contributed by atoms with E-state index in [2.05, 4.69) is 29.8 Å². The summed E-state index contributed by atoms with van der Waals surface area (Å²) in [6.45, 7) is 6.02. The van der Waals surface area contributed by atoms with Gasteiger partial charge in [-0.05, 0) is 43.5 Å². The number of para-hydroxylation sites is 2. The van der Waals surface area contributed by atoms with Crippen LogP contribution in [0.15, 0.2) is 48.5 Å². The highest BCUT2D eigenvalue weighted by Crippen LogP contribution is 2.20. The summed E-state index contributed by atoms with van der Waals surface area (Å²) in [7, 11) is 1.65. The van der Waals surface area contributed by atoms with Crippen LogP contribution >= 0.6 is 0 Å². The molecule has 6 nitrogen and oxygen atoms in total. The first-order valence-corrected chi connectivity index (χ1v) is 11.1. The van der Waals surface area contributed by atoms with Gasteiger partial charge in [0.1, 0.15) is 23.9 Å². The molecule has 0 radical (unpaired) electrons. The molecule has 166 valence electrons. The van der Waals surface area contributed by atoms with E-state index in [0.29, 0.717) is 19.7 Å². The molecule has 0 bridgehead atoms. The van der Waals surface area contributed by atoms with Gasteiger partial charge >= 0.3 is 0 Å². The summed E-state index contributed by atoms with van der Waals surface area (Å²) < 4.78 is 13.4. The summed E-state index contributed by atoms with van der Waals surface area (Å²) in [5.74, 6) is 2.85. The van der Waals surface area contributed by atoms with Crippen LogP contribution in [0.1, 0.15) is 38.9 Å². The molecule has 0 aliphatic carbocycles. The zero-order valence-electron chi connectivity index (χ0n) is 18.8. The predicted octanol–water partition coefficient (Wildman–Crippen LogP) is 4.61. The zero-order chi connectivity index (χ0) is 22.1. The molecule has 0 spiro atoms. The molecule has 0 atom stereocenters. The van der Waals surface area contributed by atoms with Gasteiger partial charge in [-0.1, -0.05) is 32.0 Å². The SMILES string of the molecule is CCC(CC)C(=O)NCCCc1nc2ccccc2n1CCOc1cccc(OC)c1. The van der Waals surface area contributed by atoms with E-state index in [9.17, 15) is 4.79 Å². The first-order chi connectivity index (χ1) is 15.2. The minimum absolute atomic E-state index is 0.110. The Morgan fingerprint density at radius 2 is 1.87 bits per heavy atom. The van der Waals surface area contributed by atoms with Gasteiger partial charge in [0, 0.05) is 24.9 Å². The van der Waals surface area contributed by atoms with Crippen molar-refractivity contribution in [3.8, 4) is 11.5 Å². The van der Waals surface area contributed by atoms with E-state index in [-0.39, 0.29) is 11.8 Å². The second-order valence-electron chi connectivity index (χ2n) is 7.60. The molecule has 3 aromatic rings. The molecule has 3 rings (SSSR count). The Morgan fingerprint density at radius 1 is 1.10 bits per heavy atom. The third kappa shape index (κ3) is 6.00. The maximum absolute atomic E-state index is 12.2. The quantitative estimate of drug-likeness (QED) is 0.432. The summed E-state index contributed by atoms with van der Waals surface area (Å²) in [6.07, 6.45) is 3.42. The fraction of sp³-hybridized carbons (Fsp3) is 0.440. The zero-order valence-corrected chi connectivity index (χ0v) is 18.8. The van der Waals surface area contributed by atoms with Crippen molar-refractivity contribution in [1.82, 2.24) is 14.9 Å². The van der Waals surface area contributed by atoms with Crippen molar-refractivity contribution in [1.29, 1.82) is 0 Å². The Bertz CT molecular complexity index is 979. The van der Waals surface area contributed by atoms with Crippen LogP contribution in [0.5, 0.6) is 11.5 Å². The minimum atomic E-state index is 0.110. The largest absolute Gasteiger partial charge is 0.497 e. The summed E-state index contributed by atoms with van der Waals surface area (Å²) in [4.78, 5) is 17.0. The monoisotopic (exact) mass is 423 g/mol. The number of aryl methyl sites for hydroxylation is 1. The van der Waals surface area contributed by atoms with Crippen molar-refractivity contribution in [2.45, 2.75) is 46.1 Å². The number of fused-ring (bicyclic) bond motifs is 1. The number of amides is 1. The van der Waals surface area contributed by atoms with Gasteiger partial charge < -0.3 is 19.4 Å². The first kappa shape index (κ1) is 22.7. The molecule has 31 heavy (non-hydrogen) atoms. The maximum Gasteiger partial charge on any atom is 0.223 e. The van der Waals surface area contributed by atoms with Crippen LogP contribution in [0.25, 0.3) is 11.0 Å². The second-order valence-corrected chi connectivity index (χ2v) is 7.60. The lowest BCUT2D eigenvalue weighted by atomic mass is 10.0. The van der Waals surface area contributed by atoms with Gasteiger partial charge in [0.05, 0.1) is 24.7 Å². The topological polar surface area (TPSA) is 65.4 Å². The van der Waals surface area contributed by atoms with Crippen LogP contribution in [0.3, 0.4) is 0 Å². The number of ether oxygens (including phenoxy) is 2. The van der Waals surface area contributed by atoms with Crippen molar-refractivity contribution < 1.29 is 14.3 Å². The summed E-state index contributed by atoms with van der Waals surface area (Å²) in [5.41, 5.74) is 2.09. The van der Waals surface area contributed by atoms with Gasteiger partial charge in [-0.2, -0.15) is 0 Å². The number of methoxy groups -OCH3 is 1. The third-order valence-corrected chi connectivity index (χ3v) is 5.59. The molecule has 1 amide bonds. The lowest BCUT2D eigenvalue weighted by Crippen LogP contribution is -2.31. The molecule has 0 fully saturated rings. The smallest absolute Gasteiger partial charge is 0.223 e.